The van der Waals surface area contributed by atoms with Gasteiger partial charge in [-0.25, -0.2) is 0 Å². The van der Waals surface area contributed by atoms with Gasteiger partial charge >= 0.3 is 0 Å². The van der Waals surface area contributed by atoms with E-state index in [1.165, 1.54) is 0 Å². The third-order valence-corrected chi connectivity index (χ3v) is 3.31. The topological polar surface area (TPSA) is 40.5 Å². The number of aliphatic hydroxyl groups excluding tert-OH is 2. The van der Waals surface area contributed by atoms with Crippen LogP contribution in [0.3, 0.4) is 0 Å². The fourth-order valence-corrected chi connectivity index (χ4v) is 2.52. The molecule has 2 heteroatoms. The zero-order chi connectivity index (χ0) is 10.1. The molecule has 1 aliphatic carbocycles. The quantitative estimate of drug-likeness (QED) is 0.692. The maximum absolute atomic E-state index is 10.2. The first kappa shape index (κ1) is 11.0. The molecule has 0 aromatic heterocycles. The summed E-state index contributed by atoms with van der Waals surface area (Å²) >= 11 is 0. The summed E-state index contributed by atoms with van der Waals surface area (Å²) < 4.78 is 0. The summed E-state index contributed by atoms with van der Waals surface area (Å²) in [5.74, 6) is 0. The van der Waals surface area contributed by atoms with Crippen LogP contribution in [0.1, 0.15) is 46.5 Å². The first-order chi connectivity index (χ1) is 5.92. The largest absolute Gasteiger partial charge is 0.396 e. The van der Waals surface area contributed by atoms with Gasteiger partial charge in [0.05, 0.1) is 12.7 Å². The molecule has 1 aliphatic rings. The second-order valence-electron chi connectivity index (χ2n) is 5.50. The molecule has 78 valence electrons. The molecule has 2 N–H and O–H groups in total. The van der Waals surface area contributed by atoms with Gasteiger partial charge in [0.15, 0.2) is 0 Å². The van der Waals surface area contributed by atoms with Crippen LogP contribution >= 0.6 is 0 Å². The Bertz CT molecular complexity index is 163. The molecule has 1 fully saturated rings. The van der Waals surface area contributed by atoms with Gasteiger partial charge in [0.1, 0.15) is 0 Å². The Morgan fingerprint density at radius 2 is 1.69 bits per heavy atom. The second-order valence-corrected chi connectivity index (χ2v) is 5.50. The fourth-order valence-electron chi connectivity index (χ4n) is 2.52. The Morgan fingerprint density at radius 3 is 2.00 bits per heavy atom. The fraction of sp³-hybridized carbons (Fsp3) is 1.00. The lowest BCUT2D eigenvalue weighted by atomic mass is 9.70. The molecule has 0 bridgehead atoms. The molecular formula is C11H22O2. The average molecular weight is 186 g/mol. The van der Waals surface area contributed by atoms with Gasteiger partial charge in [-0.2, -0.15) is 0 Å². The van der Waals surface area contributed by atoms with E-state index in [0.29, 0.717) is 0 Å². The Balaban J connectivity index is 2.76. The predicted molar refractivity (Wildman–Crippen MR) is 53.4 cm³/mol. The maximum atomic E-state index is 10.2. The van der Waals surface area contributed by atoms with Gasteiger partial charge in [-0.1, -0.05) is 33.6 Å². The van der Waals surface area contributed by atoms with E-state index in [1.807, 2.05) is 20.8 Å². The van der Waals surface area contributed by atoms with Crippen molar-refractivity contribution >= 4 is 0 Å². The third kappa shape index (κ3) is 2.05. The van der Waals surface area contributed by atoms with Gasteiger partial charge in [-0.15, -0.1) is 0 Å². The summed E-state index contributed by atoms with van der Waals surface area (Å²) in [7, 11) is 0. The molecule has 0 spiro atoms. The van der Waals surface area contributed by atoms with Crippen LogP contribution in [0.15, 0.2) is 0 Å². The highest BCUT2D eigenvalue weighted by atomic mass is 16.3. The standard InChI is InChI=1S/C11H22O2/c1-10(2,3)9(13)11(8-12)6-4-5-7-11/h9,12-13H,4-8H2,1-3H3/t9-/m0/s1. The minimum Gasteiger partial charge on any atom is -0.396 e. The minimum atomic E-state index is -0.382. The molecule has 0 aromatic carbocycles. The Morgan fingerprint density at radius 1 is 1.23 bits per heavy atom. The lowest BCUT2D eigenvalue weighted by Crippen LogP contribution is -2.44. The van der Waals surface area contributed by atoms with Crippen LogP contribution in [0.5, 0.6) is 0 Å². The number of hydrogen-bond donors (Lipinski definition) is 2. The molecule has 0 radical (unpaired) electrons. The molecule has 0 aliphatic heterocycles. The van der Waals surface area contributed by atoms with Crippen molar-refractivity contribution in [2.45, 2.75) is 52.6 Å². The normalized spacial score (nSPS) is 24.7. The van der Waals surface area contributed by atoms with Gasteiger partial charge in [0.2, 0.25) is 0 Å². The minimum absolute atomic E-state index is 0.118. The van der Waals surface area contributed by atoms with E-state index in [9.17, 15) is 10.2 Å². The SMILES string of the molecule is CC(C)(C)[C@H](O)C1(CO)CCCC1. The van der Waals surface area contributed by atoms with Crippen molar-refractivity contribution in [3.8, 4) is 0 Å². The molecule has 1 saturated carbocycles. The average Bonchev–Trinajstić information content (AvgIpc) is 2.50. The van der Waals surface area contributed by atoms with Crippen molar-refractivity contribution in [2.75, 3.05) is 6.61 Å². The highest BCUT2D eigenvalue weighted by molar-refractivity contribution is 4.95. The summed E-state index contributed by atoms with van der Waals surface area (Å²) in [6, 6.07) is 0. The molecular weight excluding hydrogens is 164 g/mol. The van der Waals surface area contributed by atoms with Crippen LogP contribution in [0.4, 0.5) is 0 Å². The van der Waals surface area contributed by atoms with Gasteiger partial charge in [-0.3, -0.25) is 0 Å². The van der Waals surface area contributed by atoms with Crippen molar-refractivity contribution in [2.24, 2.45) is 10.8 Å². The number of aliphatic hydroxyl groups is 2. The summed E-state index contributed by atoms with van der Waals surface area (Å²) in [4.78, 5) is 0. The van der Waals surface area contributed by atoms with Crippen LogP contribution in [0.2, 0.25) is 0 Å². The molecule has 0 amide bonds. The smallest absolute Gasteiger partial charge is 0.0666 e. The summed E-state index contributed by atoms with van der Waals surface area (Å²) in [5.41, 5.74) is -0.328. The molecule has 0 saturated heterocycles. The molecule has 1 atom stereocenters. The van der Waals surface area contributed by atoms with Crippen molar-refractivity contribution in [1.82, 2.24) is 0 Å². The van der Waals surface area contributed by atoms with Crippen LogP contribution in [-0.2, 0) is 0 Å². The lowest BCUT2D eigenvalue weighted by molar-refractivity contribution is -0.0736. The van der Waals surface area contributed by atoms with Crippen LogP contribution in [0.25, 0.3) is 0 Å². The van der Waals surface area contributed by atoms with E-state index in [1.54, 1.807) is 0 Å². The summed E-state index contributed by atoms with van der Waals surface area (Å²) in [6.45, 7) is 6.24. The van der Waals surface area contributed by atoms with E-state index in [2.05, 4.69) is 0 Å². The van der Waals surface area contributed by atoms with Crippen LogP contribution < -0.4 is 0 Å². The van der Waals surface area contributed by atoms with Crippen molar-refractivity contribution < 1.29 is 10.2 Å². The monoisotopic (exact) mass is 186 g/mol. The van der Waals surface area contributed by atoms with Gasteiger partial charge in [0, 0.05) is 5.41 Å². The second kappa shape index (κ2) is 3.58. The first-order valence-electron chi connectivity index (χ1n) is 5.21. The molecule has 0 aromatic rings. The van der Waals surface area contributed by atoms with Crippen LogP contribution in [-0.4, -0.2) is 22.9 Å². The zero-order valence-electron chi connectivity index (χ0n) is 9.01. The van der Waals surface area contributed by atoms with E-state index < -0.39 is 0 Å². The highest BCUT2D eigenvalue weighted by Gasteiger charge is 2.45. The van der Waals surface area contributed by atoms with Crippen molar-refractivity contribution in [3.63, 3.8) is 0 Å². The predicted octanol–water partition coefficient (Wildman–Crippen LogP) is 1.95. The van der Waals surface area contributed by atoms with Gasteiger partial charge < -0.3 is 10.2 Å². The third-order valence-electron chi connectivity index (χ3n) is 3.31. The number of rotatable bonds is 2. The lowest BCUT2D eigenvalue weighted by Gasteiger charge is -2.40. The van der Waals surface area contributed by atoms with E-state index in [4.69, 9.17) is 0 Å². The van der Waals surface area contributed by atoms with Gasteiger partial charge in [0.25, 0.3) is 0 Å². The molecule has 13 heavy (non-hydrogen) atoms. The molecule has 1 rings (SSSR count). The highest BCUT2D eigenvalue weighted by Crippen LogP contribution is 2.45. The Hall–Kier alpha value is -0.0800. The molecule has 0 heterocycles. The molecule has 0 unspecified atom stereocenters. The molecule has 2 nitrogen and oxygen atoms in total. The van der Waals surface area contributed by atoms with Crippen LogP contribution in [0, 0.1) is 10.8 Å². The number of hydrogen-bond acceptors (Lipinski definition) is 2. The first-order valence-corrected chi connectivity index (χ1v) is 5.21. The van der Waals surface area contributed by atoms with Crippen molar-refractivity contribution in [3.05, 3.63) is 0 Å². The maximum Gasteiger partial charge on any atom is 0.0666 e. The summed E-state index contributed by atoms with van der Waals surface area (Å²) in [5, 5.41) is 19.6. The van der Waals surface area contributed by atoms with Crippen molar-refractivity contribution in [1.29, 1.82) is 0 Å². The van der Waals surface area contributed by atoms with E-state index >= 15 is 0 Å². The van der Waals surface area contributed by atoms with E-state index in [-0.39, 0.29) is 23.5 Å². The van der Waals surface area contributed by atoms with Gasteiger partial charge in [-0.05, 0) is 18.3 Å². The summed E-state index contributed by atoms with van der Waals surface area (Å²) in [6.07, 6.45) is 3.86. The Kier molecular flexibility index (Phi) is 3.03. The zero-order valence-corrected chi connectivity index (χ0v) is 9.01. The van der Waals surface area contributed by atoms with E-state index in [0.717, 1.165) is 25.7 Å². The Labute approximate surface area is 81.0 Å².